The largest absolute Gasteiger partial charge is 0.497 e. The van der Waals surface area contributed by atoms with Gasteiger partial charge in [0.15, 0.2) is 0 Å². The molecule has 3 aromatic carbocycles. The minimum atomic E-state index is 0.483. The molecule has 1 heterocycles. The van der Waals surface area contributed by atoms with Crippen LogP contribution in [0.15, 0.2) is 91.3 Å². The summed E-state index contributed by atoms with van der Waals surface area (Å²) >= 11 is 6.34. The minimum Gasteiger partial charge on any atom is -0.497 e. The number of ether oxygens (including phenoxy) is 2. The molecule has 0 saturated heterocycles. The van der Waals surface area contributed by atoms with Crippen LogP contribution in [-0.4, -0.2) is 11.7 Å². The van der Waals surface area contributed by atoms with Crippen molar-refractivity contribution >= 4 is 11.6 Å². The Morgan fingerprint density at radius 2 is 1.64 bits per heavy atom. The number of rotatable bonds is 6. The smallest absolute Gasteiger partial charge is 0.139 e. The monoisotopic (exact) mass is 389 g/mol. The molecule has 1 aromatic heterocycles. The van der Waals surface area contributed by atoms with Gasteiger partial charge in [-0.15, -0.1) is 0 Å². The van der Waals surface area contributed by atoms with Crippen molar-refractivity contribution in [3.05, 3.63) is 102 Å². The SMILES string of the molecule is COc1ccc(-n2ccc(-c3ccc(Cl)c(OCc4ccccc4)c3)c2)cc1. The molecule has 0 aliphatic carbocycles. The highest BCUT2D eigenvalue weighted by atomic mass is 35.5. The Morgan fingerprint density at radius 3 is 2.39 bits per heavy atom. The van der Waals surface area contributed by atoms with Gasteiger partial charge >= 0.3 is 0 Å². The Morgan fingerprint density at radius 1 is 0.857 bits per heavy atom. The van der Waals surface area contributed by atoms with Gasteiger partial charge in [-0.25, -0.2) is 0 Å². The Labute approximate surface area is 169 Å². The maximum atomic E-state index is 6.34. The number of nitrogens with zero attached hydrogens (tertiary/aromatic N) is 1. The van der Waals surface area contributed by atoms with Crippen molar-refractivity contribution in [3.8, 4) is 28.3 Å². The number of benzene rings is 3. The Balaban J connectivity index is 1.55. The lowest BCUT2D eigenvalue weighted by atomic mass is 10.1. The predicted octanol–water partition coefficient (Wildman–Crippen LogP) is 6.39. The summed E-state index contributed by atoms with van der Waals surface area (Å²) in [4.78, 5) is 0. The number of hydrogen-bond acceptors (Lipinski definition) is 2. The van der Waals surface area contributed by atoms with Gasteiger partial charge in [0.1, 0.15) is 18.1 Å². The molecule has 4 rings (SSSR count). The van der Waals surface area contributed by atoms with Gasteiger partial charge in [-0.1, -0.05) is 48.0 Å². The third-order valence-electron chi connectivity index (χ3n) is 4.57. The topological polar surface area (TPSA) is 23.4 Å². The summed E-state index contributed by atoms with van der Waals surface area (Å²) in [6.07, 6.45) is 4.13. The van der Waals surface area contributed by atoms with E-state index in [1.165, 1.54) is 0 Å². The first-order valence-corrected chi connectivity index (χ1v) is 9.40. The molecule has 0 radical (unpaired) electrons. The molecule has 0 spiro atoms. The Kier molecular flexibility index (Phi) is 5.36. The summed E-state index contributed by atoms with van der Waals surface area (Å²) in [6.45, 7) is 0.483. The van der Waals surface area contributed by atoms with Crippen molar-refractivity contribution in [3.63, 3.8) is 0 Å². The van der Waals surface area contributed by atoms with Crippen LogP contribution in [0.5, 0.6) is 11.5 Å². The van der Waals surface area contributed by atoms with Crippen LogP contribution < -0.4 is 9.47 Å². The van der Waals surface area contributed by atoms with Crippen molar-refractivity contribution in [2.45, 2.75) is 6.61 Å². The summed E-state index contributed by atoms with van der Waals surface area (Å²) in [7, 11) is 1.67. The minimum absolute atomic E-state index is 0.483. The summed E-state index contributed by atoms with van der Waals surface area (Å²) in [5.41, 5.74) is 4.33. The van der Waals surface area contributed by atoms with Crippen molar-refractivity contribution < 1.29 is 9.47 Å². The number of halogens is 1. The molecule has 0 atom stereocenters. The van der Waals surface area contributed by atoms with Crippen molar-refractivity contribution in [1.82, 2.24) is 4.57 Å². The first-order valence-electron chi connectivity index (χ1n) is 9.02. The van der Waals surface area contributed by atoms with E-state index in [4.69, 9.17) is 21.1 Å². The van der Waals surface area contributed by atoms with Gasteiger partial charge in [-0.3, -0.25) is 0 Å². The second kappa shape index (κ2) is 8.24. The molecule has 140 valence electrons. The van der Waals surface area contributed by atoms with E-state index < -0.39 is 0 Å². The predicted molar refractivity (Wildman–Crippen MR) is 114 cm³/mol. The first kappa shape index (κ1) is 18.2. The van der Waals surface area contributed by atoms with Crippen molar-refractivity contribution in [2.75, 3.05) is 7.11 Å². The fourth-order valence-electron chi connectivity index (χ4n) is 3.01. The normalized spacial score (nSPS) is 10.6. The molecule has 0 N–H and O–H groups in total. The van der Waals surface area contributed by atoms with E-state index in [0.717, 1.165) is 28.1 Å². The summed E-state index contributed by atoms with van der Waals surface area (Å²) in [6, 6.07) is 26.0. The van der Waals surface area contributed by atoms with Crippen LogP contribution in [0.2, 0.25) is 5.02 Å². The number of aromatic nitrogens is 1. The second-order valence-electron chi connectivity index (χ2n) is 6.42. The zero-order chi connectivity index (χ0) is 19.3. The molecule has 0 bridgehead atoms. The molecule has 4 heteroatoms. The van der Waals surface area contributed by atoms with E-state index in [-0.39, 0.29) is 0 Å². The lowest BCUT2D eigenvalue weighted by Crippen LogP contribution is -1.96. The molecule has 4 aromatic rings. The quantitative estimate of drug-likeness (QED) is 0.381. The van der Waals surface area contributed by atoms with E-state index in [2.05, 4.69) is 16.8 Å². The standard InChI is InChI=1S/C24H20ClNO2/c1-27-22-10-8-21(9-11-22)26-14-13-20(16-26)19-7-12-23(25)24(15-19)28-17-18-5-3-2-4-6-18/h2-16H,17H2,1H3. The van der Waals surface area contributed by atoms with E-state index in [1.807, 2.05) is 79.0 Å². The van der Waals surface area contributed by atoms with Crippen molar-refractivity contribution in [2.24, 2.45) is 0 Å². The molecule has 0 saturated carbocycles. The Bertz CT molecular complexity index is 1060. The second-order valence-corrected chi connectivity index (χ2v) is 6.83. The van der Waals surface area contributed by atoms with Gasteiger partial charge in [0.25, 0.3) is 0 Å². The van der Waals surface area contributed by atoms with Gasteiger partial charge in [-0.2, -0.15) is 0 Å². The highest BCUT2D eigenvalue weighted by Crippen LogP contribution is 2.32. The van der Waals surface area contributed by atoms with Gasteiger partial charge < -0.3 is 14.0 Å². The van der Waals surface area contributed by atoms with E-state index in [1.54, 1.807) is 7.11 Å². The lowest BCUT2D eigenvalue weighted by Gasteiger charge is -2.10. The molecular formula is C24H20ClNO2. The van der Waals surface area contributed by atoms with E-state index in [0.29, 0.717) is 17.4 Å². The highest BCUT2D eigenvalue weighted by Gasteiger charge is 2.08. The van der Waals surface area contributed by atoms with Crippen LogP contribution in [0.3, 0.4) is 0 Å². The fourth-order valence-corrected chi connectivity index (χ4v) is 3.18. The number of methoxy groups -OCH3 is 1. The van der Waals surface area contributed by atoms with E-state index in [9.17, 15) is 0 Å². The number of hydrogen-bond donors (Lipinski definition) is 0. The summed E-state index contributed by atoms with van der Waals surface area (Å²) in [5, 5.41) is 0.606. The van der Waals surface area contributed by atoms with Gasteiger partial charge in [0.2, 0.25) is 0 Å². The van der Waals surface area contributed by atoms with Crippen molar-refractivity contribution in [1.29, 1.82) is 0 Å². The summed E-state index contributed by atoms with van der Waals surface area (Å²) < 4.78 is 13.2. The maximum Gasteiger partial charge on any atom is 0.139 e. The zero-order valence-corrected chi connectivity index (χ0v) is 16.3. The average molecular weight is 390 g/mol. The Hall–Kier alpha value is -3.17. The summed E-state index contributed by atoms with van der Waals surface area (Å²) in [5.74, 6) is 1.52. The molecule has 3 nitrogen and oxygen atoms in total. The van der Waals surface area contributed by atoms with Crippen LogP contribution in [0, 0.1) is 0 Å². The van der Waals surface area contributed by atoms with E-state index >= 15 is 0 Å². The van der Waals surface area contributed by atoms with Crippen LogP contribution in [0.4, 0.5) is 0 Å². The average Bonchev–Trinajstić information content (AvgIpc) is 3.24. The van der Waals surface area contributed by atoms with Crippen LogP contribution in [-0.2, 0) is 6.61 Å². The maximum absolute atomic E-state index is 6.34. The zero-order valence-electron chi connectivity index (χ0n) is 15.5. The van der Waals surface area contributed by atoms with Gasteiger partial charge in [0, 0.05) is 18.1 Å². The van der Waals surface area contributed by atoms with Crippen LogP contribution in [0.25, 0.3) is 16.8 Å². The molecule has 0 fully saturated rings. The third kappa shape index (κ3) is 4.05. The van der Waals surface area contributed by atoms with Crippen LogP contribution in [0.1, 0.15) is 5.56 Å². The molecule has 0 amide bonds. The molecule has 0 unspecified atom stereocenters. The van der Waals surface area contributed by atoms with Gasteiger partial charge in [-0.05, 0) is 59.2 Å². The van der Waals surface area contributed by atoms with Crippen LogP contribution >= 0.6 is 11.6 Å². The fraction of sp³-hybridized carbons (Fsp3) is 0.0833. The highest BCUT2D eigenvalue weighted by molar-refractivity contribution is 6.32. The van der Waals surface area contributed by atoms with Gasteiger partial charge in [0.05, 0.1) is 12.1 Å². The molecular weight excluding hydrogens is 370 g/mol. The molecule has 0 aliphatic heterocycles. The molecule has 0 aliphatic rings. The first-order chi connectivity index (χ1) is 13.7. The molecule has 28 heavy (non-hydrogen) atoms. The third-order valence-corrected chi connectivity index (χ3v) is 4.88. The lowest BCUT2D eigenvalue weighted by molar-refractivity contribution is 0.306.